The Morgan fingerprint density at radius 3 is 2.56 bits per heavy atom. The predicted octanol–water partition coefficient (Wildman–Crippen LogP) is 2.81. The minimum Gasteiger partial charge on any atom is -0.314 e. The Balaban J connectivity index is 1.70. The Morgan fingerprint density at radius 2 is 1.84 bits per heavy atom. The Morgan fingerprint density at radius 1 is 1.12 bits per heavy atom. The average molecular weight is 358 g/mol. The molecule has 1 fully saturated rings. The predicted molar refractivity (Wildman–Crippen MR) is 104 cm³/mol. The molecule has 0 radical (unpaired) electrons. The zero-order valence-electron chi connectivity index (χ0n) is 15.0. The first-order chi connectivity index (χ1) is 12.1. The van der Waals surface area contributed by atoms with Crippen molar-refractivity contribution in [2.24, 2.45) is 0 Å². The van der Waals surface area contributed by atoms with Gasteiger partial charge in [0.1, 0.15) is 11.0 Å². The smallest absolute Gasteiger partial charge is 0.127 e. The summed E-state index contributed by atoms with van der Waals surface area (Å²) in [5.74, 6) is 0. The normalized spacial score (nSPS) is 18.2. The summed E-state index contributed by atoms with van der Waals surface area (Å²) >= 11 is 0. The Kier molecular flexibility index (Phi) is 6.37. The molecule has 1 heterocycles. The quantitative estimate of drug-likeness (QED) is 0.863. The number of nitrogens with one attached hydrogen (secondary N) is 1. The van der Waals surface area contributed by atoms with E-state index in [2.05, 4.69) is 41.4 Å². The van der Waals surface area contributed by atoms with Crippen LogP contribution in [0.1, 0.15) is 24.1 Å². The van der Waals surface area contributed by atoms with Crippen LogP contribution in [-0.4, -0.2) is 46.6 Å². The van der Waals surface area contributed by atoms with Crippen LogP contribution in [0.25, 0.3) is 0 Å². The standard InChI is InChI=1S/C20H27N3OS/c1-17(19-8-4-3-5-9-19)22(2)25(24)20-10-6-7-18(15-20)16-23-13-11-21-12-14-23/h3-10,15,17,21H,11-14,16H2,1-2H3. The molecule has 0 saturated carbocycles. The lowest BCUT2D eigenvalue weighted by Crippen LogP contribution is -2.42. The van der Waals surface area contributed by atoms with E-state index in [-0.39, 0.29) is 6.04 Å². The summed E-state index contributed by atoms with van der Waals surface area (Å²) < 4.78 is 14.9. The van der Waals surface area contributed by atoms with Crippen molar-refractivity contribution in [1.82, 2.24) is 14.5 Å². The van der Waals surface area contributed by atoms with Gasteiger partial charge in [-0.3, -0.25) is 4.90 Å². The van der Waals surface area contributed by atoms with Gasteiger partial charge in [0.25, 0.3) is 0 Å². The van der Waals surface area contributed by atoms with E-state index in [1.54, 1.807) is 0 Å². The summed E-state index contributed by atoms with van der Waals surface area (Å²) in [6.07, 6.45) is 0. The van der Waals surface area contributed by atoms with E-state index in [0.29, 0.717) is 0 Å². The van der Waals surface area contributed by atoms with Crippen LogP contribution in [0.5, 0.6) is 0 Å². The molecule has 0 amide bonds. The lowest BCUT2D eigenvalue weighted by molar-refractivity contribution is 0.233. The van der Waals surface area contributed by atoms with Gasteiger partial charge in [0, 0.05) is 45.8 Å². The van der Waals surface area contributed by atoms with Crippen molar-refractivity contribution in [3.63, 3.8) is 0 Å². The molecule has 134 valence electrons. The van der Waals surface area contributed by atoms with E-state index in [0.717, 1.165) is 37.6 Å². The lowest BCUT2D eigenvalue weighted by Gasteiger charge is -2.27. The number of rotatable bonds is 6. The second-order valence-corrected chi connectivity index (χ2v) is 8.10. The van der Waals surface area contributed by atoms with Crippen LogP contribution in [0.15, 0.2) is 59.5 Å². The van der Waals surface area contributed by atoms with Crippen LogP contribution in [0, 0.1) is 0 Å². The molecule has 0 bridgehead atoms. The summed E-state index contributed by atoms with van der Waals surface area (Å²) in [5, 5.41) is 3.38. The van der Waals surface area contributed by atoms with E-state index in [1.165, 1.54) is 11.1 Å². The molecule has 1 aliphatic heterocycles. The fourth-order valence-corrected chi connectivity index (χ4v) is 4.32. The average Bonchev–Trinajstić information content (AvgIpc) is 2.68. The van der Waals surface area contributed by atoms with E-state index >= 15 is 0 Å². The molecule has 25 heavy (non-hydrogen) atoms. The molecular weight excluding hydrogens is 330 g/mol. The first-order valence-corrected chi connectivity index (χ1v) is 9.97. The van der Waals surface area contributed by atoms with Crippen molar-refractivity contribution in [3.8, 4) is 0 Å². The molecule has 2 aromatic carbocycles. The monoisotopic (exact) mass is 357 g/mol. The number of nitrogens with zero attached hydrogens (tertiary/aromatic N) is 2. The molecule has 2 unspecified atom stereocenters. The molecule has 3 rings (SSSR count). The molecule has 4 nitrogen and oxygen atoms in total. The van der Waals surface area contributed by atoms with E-state index in [9.17, 15) is 4.21 Å². The fourth-order valence-electron chi connectivity index (χ4n) is 3.13. The van der Waals surface area contributed by atoms with Crippen LogP contribution in [0.2, 0.25) is 0 Å². The highest BCUT2D eigenvalue weighted by atomic mass is 32.2. The van der Waals surface area contributed by atoms with Crippen molar-refractivity contribution in [3.05, 3.63) is 65.7 Å². The molecule has 2 aromatic rings. The molecule has 0 aromatic heterocycles. The maximum Gasteiger partial charge on any atom is 0.127 e. The van der Waals surface area contributed by atoms with Crippen molar-refractivity contribution in [2.45, 2.75) is 24.4 Å². The second kappa shape index (κ2) is 8.72. The molecule has 0 aliphatic carbocycles. The van der Waals surface area contributed by atoms with Crippen LogP contribution in [0.4, 0.5) is 0 Å². The SMILES string of the molecule is CC(c1ccccc1)N(C)S(=O)c1cccc(CN2CCNCC2)c1. The Hall–Kier alpha value is -1.53. The van der Waals surface area contributed by atoms with Gasteiger partial charge in [-0.1, -0.05) is 42.5 Å². The topological polar surface area (TPSA) is 35.6 Å². The Labute approximate surface area is 153 Å². The van der Waals surface area contributed by atoms with Crippen molar-refractivity contribution < 1.29 is 4.21 Å². The summed E-state index contributed by atoms with van der Waals surface area (Å²) in [4.78, 5) is 3.31. The summed E-state index contributed by atoms with van der Waals surface area (Å²) in [7, 11) is 0.754. The van der Waals surface area contributed by atoms with Gasteiger partial charge < -0.3 is 5.32 Å². The third kappa shape index (κ3) is 4.76. The first-order valence-electron chi connectivity index (χ1n) is 8.87. The van der Waals surface area contributed by atoms with E-state index < -0.39 is 11.0 Å². The summed E-state index contributed by atoms with van der Waals surface area (Å²) in [6.45, 7) is 7.24. The van der Waals surface area contributed by atoms with Gasteiger partial charge in [-0.05, 0) is 30.2 Å². The minimum absolute atomic E-state index is 0.0962. The van der Waals surface area contributed by atoms with Gasteiger partial charge in [0.15, 0.2) is 0 Å². The zero-order valence-corrected chi connectivity index (χ0v) is 15.8. The summed E-state index contributed by atoms with van der Waals surface area (Å²) in [5.41, 5.74) is 2.41. The van der Waals surface area contributed by atoms with Crippen LogP contribution < -0.4 is 5.32 Å². The van der Waals surface area contributed by atoms with Crippen molar-refractivity contribution in [1.29, 1.82) is 0 Å². The third-order valence-electron chi connectivity index (χ3n) is 4.80. The number of hydrogen-bond donors (Lipinski definition) is 1. The number of hydrogen-bond acceptors (Lipinski definition) is 3. The maximum absolute atomic E-state index is 13.0. The van der Waals surface area contributed by atoms with Crippen molar-refractivity contribution >= 4 is 11.0 Å². The van der Waals surface area contributed by atoms with E-state index in [4.69, 9.17) is 0 Å². The largest absolute Gasteiger partial charge is 0.314 e. The molecule has 5 heteroatoms. The zero-order chi connectivity index (χ0) is 17.6. The van der Waals surface area contributed by atoms with Gasteiger partial charge in [-0.15, -0.1) is 0 Å². The first kappa shape index (κ1) is 18.3. The maximum atomic E-state index is 13.0. The van der Waals surface area contributed by atoms with Crippen molar-refractivity contribution in [2.75, 3.05) is 33.2 Å². The van der Waals surface area contributed by atoms with Gasteiger partial charge in [0.2, 0.25) is 0 Å². The molecule has 0 spiro atoms. The third-order valence-corrected chi connectivity index (χ3v) is 6.30. The highest BCUT2D eigenvalue weighted by molar-refractivity contribution is 7.82. The van der Waals surface area contributed by atoms with Gasteiger partial charge >= 0.3 is 0 Å². The molecule has 1 saturated heterocycles. The summed E-state index contributed by atoms with van der Waals surface area (Å²) in [6, 6.07) is 18.5. The van der Waals surface area contributed by atoms with Gasteiger partial charge in [0.05, 0.1) is 4.90 Å². The second-order valence-electron chi connectivity index (χ2n) is 6.56. The minimum atomic E-state index is -1.17. The molecule has 1 N–H and O–H groups in total. The molecular formula is C20H27N3OS. The fraction of sp³-hybridized carbons (Fsp3) is 0.400. The molecule has 1 aliphatic rings. The molecule has 2 atom stereocenters. The van der Waals surface area contributed by atoms with Gasteiger partial charge in [-0.2, -0.15) is 0 Å². The number of benzene rings is 2. The van der Waals surface area contributed by atoms with Crippen LogP contribution >= 0.6 is 0 Å². The highest BCUT2D eigenvalue weighted by Crippen LogP contribution is 2.23. The lowest BCUT2D eigenvalue weighted by atomic mass is 10.1. The Bertz CT molecular complexity index is 701. The van der Waals surface area contributed by atoms with Crippen LogP contribution in [-0.2, 0) is 17.5 Å². The van der Waals surface area contributed by atoms with E-state index in [1.807, 2.05) is 41.7 Å². The highest BCUT2D eigenvalue weighted by Gasteiger charge is 2.19. The number of piperazine rings is 1. The van der Waals surface area contributed by atoms with Crippen LogP contribution in [0.3, 0.4) is 0 Å². The van der Waals surface area contributed by atoms with Gasteiger partial charge in [-0.25, -0.2) is 8.51 Å².